The van der Waals surface area contributed by atoms with E-state index in [9.17, 15) is 35.9 Å². The standard InChI is InChI=1S/C26H23F6N5O4S/c1-40-26(39)13-9-36(21(38)10-37-19(24(31)32)7-17(34-37)23(29)30)6-5-12(13)25-33-18(11-42-25)16-8-20(41-35-16)22-14(27)3-2-4-15(22)28/h2-4,7,11-13,20,23-24H,5-6,8-10H2,1H3. The normalized spacial score (nSPS) is 20.6. The van der Waals surface area contributed by atoms with Gasteiger partial charge in [0.05, 0.1) is 29.3 Å². The average Bonchev–Trinajstić information content (AvgIpc) is 3.72. The summed E-state index contributed by atoms with van der Waals surface area (Å²) in [5.74, 6) is -4.17. The first-order valence-corrected chi connectivity index (χ1v) is 13.6. The number of esters is 1. The molecule has 0 spiro atoms. The van der Waals surface area contributed by atoms with Gasteiger partial charge in [-0.15, -0.1) is 11.3 Å². The number of aromatic nitrogens is 3. The zero-order valence-electron chi connectivity index (χ0n) is 21.9. The molecular weight excluding hydrogens is 592 g/mol. The van der Waals surface area contributed by atoms with Gasteiger partial charge in [-0.3, -0.25) is 14.3 Å². The van der Waals surface area contributed by atoms with Gasteiger partial charge >= 0.3 is 5.97 Å². The van der Waals surface area contributed by atoms with Crippen molar-refractivity contribution in [1.82, 2.24) is 19.7 Å². The van der Waals surface area contributed by atoms with Crippen molar-refractivity contribution < 1.29 is 45.5 Å². The maximum atomic E-state index is 14.2. The van der Waals surface area contributed by atoms with Crippen LogP contribution in [0.15, 0.2) is 34.8 Å². The van der Waals surface area contributed by atoms with Gasteiger partial charge in [0.25, 0.3) is 12.9 Å². The van der Waals surface area contributed by atoms with E-state index >= 15 is 0 Å². The van der Waals surface area contributed by atoms with Crippen molar-refractivity contribution in [2.75, 3.05) is 20.2 Å². The molecule has 16 heteroatoms. The van der Waals surface area contributed by atoms with Crippen LogP contribution in [-0.4, -0.2) is 57.5 Å². The summed E-state index contributed by atoms with van der Waals surface area (Å²) in [6, 6.07) is 4.05. The van der Waals surface area contributed by atoms with Gasteiger partial charge in [0.2, 0.25) is 5.91 Å². The van der Waals surface area contributed by atoms with E-state index < -0.39 is 72.2 Å². The van der Waals surface area contributed by atoms with Crippen LogP contribution in [0.2, 0.25) is 0 Å². The Labute approximate surface area is 238 Å². The molecule has 5 rings (SSSR count). The van der Waals surface area contributed by atoms with Crippen LogP contribution in [0.1, 0.15) is 65.4 Å². The number of piperidine rings is 1. The van der Waals surface area contributed by atoms with Crippen LogP contribution in [0.3, 0.4) is 0 Å². The molecule has 0 saturated carbocycles. The van der Waals surface area contributed by atoms with E-state index in [2.05, 4.69) is 15.2 Å². The number of alkyl halides is 4. The second-order valence-electron chi connectivity index (χ2n) is 9.66. The molecule has 1 aromatic carbocycles. The zero-order chi connectivity index (χ0) is 30.1. The monoisotopic (exact) mass is 615 g/mol. The highest BCUT2D eigenvalue weighted by Gasteiger charge is 2.40. The lowest BCUT2D eigenvalue weighted by Crippen LogP contribution is -2.47. The summed E-state index contributed by atoms with van der Waals surface area (Å²) >= 11 is 1.23. The van der Waals surface area contributed by atoms with E-state index in [-0.39, 0.29) is 31.5 Å². The number of amides is 1. The molecule has 0 bridgehead atoms. The number of ether oxygens (including phenoxy) is 1. The van der Waals surface area contributed by atoms with Crippen LogP contribution < -0.4 is 0 Å². The third-order valence-corrected chi connectivity index (χ3v) is 8.13. The molecule has 3 aromatic rings. The van der Waals surface area contributed by atoms with Crippen LogP contribution >= 0.6 is 11.3 Å². The quantitative estimate of drug-likeness (QED) is 0.257. The van der Waals surface area contributed by atoms with Crippen LogP contribution in [-0.2, 0) is 25.7 Å². The molecule has 2 aliphatic heterocycles. The minimum absolute atomic E-state index is 0.0652. The number of likely N-dealkylation sites (tertiary alicyclic amines) is 1. The Hall–Kier alpha value is -3.95. The third-order valence-electron chi connectivity index (χ3n) is 7.16. The lowest BCUT2D eigenvalue weighted by molar-refractivity contribution is -0.150. The number of hydrogen-bond acceptors (Lipinski definition) is 8. The Morgan fingerprint density at radius 2 is 1.90 bits per heavy atom. The smallest absolute Gasteiger partial charge is 0.311 e. The van der Waals surface area contributed by atoms with Crippen molar-refractivity contribution in [3.63, 3.8) is 0 Å². The van der Waals surface area contributed by atoms with Crippen LogP contribution in [0.25, 0.3) is 0 Å². The van der Waals surface area contributed by atoms with Gasteiger partial charge in [-0.25, -0.2) is 31.3 Å². The van der Waals surface area contributed by atoms with Crippen LogP contribution in [0.5, 0.6) is 0 Å². The highest BCUT2D eigenvalue weighted by molar-refractivity contribution is 7.10. The number of halogens is 6. The first-order chi connectivity index (χ1) is 20.1. The molecule has 0 aliphatic carbocycles. The Balaban J connectivity index is 1.29. The fourth-order valence-corrected chi connectivity index (χ4v) is 6.07. The third kappa shape index (κ3) is 5.84. The predicted molar refractivity (Wildman–Crippen MR) is 135 cm³/mol. The number of nitrogens with zero attached hydrogens (tertiary/aromatic N) is 5. The largest absolute Gasteiger partial charge is 0.469 e. The second kappa shape index (κ2) is 12.1. The Morgan fingerprint density at radius 3 is 2.57 bits per heavy atom. The second-order valence-corrected chi connectivity index (χ2v) is 10.5. The summed E-state index contributed by atoms with van der Waals surface area (Å²) in [5.41, 5.74) is -1.15. The van der Waals surface area contributed by atoms with Gasteiger partial charge in [-0.2, -0.15) is 5.10 Å². The van der Waals surface area contributed by atoms with E-state index in [4.69, 9.17) is 9.57 Å². The first kappa shape index (κ1) is 29.5. The summed E-state index contributed by atoms with van der Waals surface area (Å²) < 4.78 is 86.6. The number of carbonyl (C=O) groups excluding carboxylic acids is 2. The summed E-state index contributed by atoms with van der Waals surface area (Å²) in [6.07, 6.45) is -6.86. The molecule has 3 atom stereocenters. The van der Waals surface area contributed by atoms with E-state index in [1.54, 1.807) is 5.38 Å². The highest BCUT2D eigenvalue weighted by atomic mass is 32.1. The van der Waals surface area contributed by atoms with Crippen LogP contribution in [0, 0.1) is 17.6 Å². The minimum atomic E-state index is -3.12. The fraction of sp³-hybridized carbons (Fsp3) is 0.423. The van der Waals surface area contributed by atoms with E-state index in [1.807, 2.05) is 0 Å². The van der Waals surface area contributed by atoms with E-state index in [1.165, 1.54) is 29.4 Å². The number of methoxy groups -OCH3 is 1. The molecule has 1 saturated heterocycles. The fourth-order valence-electron chi connectivity index (χ4n) is 5.05. The number of benzene rings is 1. The molecule has 1 fully saturated rings. The number of carbonyl (C=O) groups is 2. The van der Waals surface area contributed by atoms with Gasteiger partial charge in [0, 0.05) is 30.8 Å². The van der Waals surface area contributed by atoms with Gasteiger partial charge in [-0.1, -0.05) is 11.2 Å². The Morgan fingerprint density at radius 1 is 1.17 bits per heavy atom. The molecule has 1 amide bonds. The molecule has 2 aliphatic rings. The molecule has 224 valence electrons. The van der Waals surface area contributed by atoms with Crippen molar-refractivity contribution >= 4 is 28.9 Å². The predicted octanol–water partition coefficient (Wildman–Crippen LogP) is 5.16. The molecule has 42 heavy (non-hydrogen) atoms. The average molecular weight is 616 g/mol. The summed E-state index contributed by atoms with van der Waals surface area (Å²) in [5, 5.41) is 9.61. The number of thiazole rings is 1. The molecule has 4 heterocycles. The maximum absolute atomic E-state index is 14.2. The molecule has 9 nitrogen and oxygen atoms in total. The van der Waals surface area contributed by atoms with Gasteiger partial charge in [0.1, 0.15) is 35.3 Å². The zero-order valence-corrected chi connectivity index (χ0v) is 22.7. The molecule has 0 N–H and O–H groups in total. The lowest BCUT2D eigenvalue weighted by atomic mass is 9.85. The highest BCUT2D eigenvalue weighted by Crippen LogP contribution is 2.38. The Bertz CT molecular complexity index is 1490. The summed E-state index contributed by atoms with van der Waals surface area (Å²) in [4.78, 5) is 36.8. The first-order valence-electron chi connectivity index (χ1n) is 12.7. The number of rotatable bonds is 8. The van der Waals surface area contributed by atoms with Crippen molar-refractivity contribution in [2.24, 2.45) is 11.1 Å². The molecular formula is C26H23F6N5O4S. The van der Waals surface area contributed by atoms with Gasteiger partial charge < -0.3 is 14.5 Å². The SMILES string of the molecule is COC(=O)C1CN(C(=O)Cn2nc(C(F)F)cc2C(F)F)CCC1c1nc(C2=NOC(c3c(F)cccc3F)C2)cs1. The maximum Gasteiger partial charge on any atom is 0.311 e. The van der Waals surface area contributed by atoms with Crippen molar-refractivity contribution in [1.29, 1.82) is 0 Å². The topological polar surface area (TPSA) is 98.9 Å². The lowest BCUT2D eigenvalue weighted by Gasteiger charge is -2.36. The minimum Gasteiger partial charge on any atom is -0.469 e. The Kier molecular flexibility index (Phi) is 8.52. The van der Waals surface area contributed by atoms with Gasteiger partial charge in [0.15, 0.2) is 6.10 Å². The van der Waals surface area contributed by atoms with Crippen LogP contribution in [0.4, 0.5) is 26.3 Å². The van der Waals surface area contributed by atoms with Crippen molar-refractivity contribution in [3.8, 4) is 0 Å². The molecule has 3 unspecified atom stereocenters. The van der Waals surface area contributed by atoms with Crippen molar-refractivity contribution in [3.05, 3.63) is 68.9 Å². The summed E-state index contributed by atoms with van der Waals surface area (Å²) in [6.45, 7) is -0.718. The van der Waals surface area contributed by atoms with E-state index in [0.29, 0.717) is 27.2 Å². The van der Waals surface area contributed by atoms with Gasteiger partial charge in [-0.05, 0) is 24.6 Å². The summed E-state index contributed by atoms with van der Waals surface area (Å²) in [7, 11) is 1.19. The van der Waals surface area contributed by atoms with Crippen molar-refractivity contribution in [2.45, 2.75) is 44.3 Å². The molecule has 2 aromatic heterocycles. The van der Waals surface area contributed by atoms with E-state index in [0.717, 1.165) is 12.1 Å². The molecule has 0 radical (unpaired) electrons. The number of hydrogen-bond donors (Lipinski definition) is 0. The number of oxime groups is 1.